The second-order valence-corrected chi connectivity index (χ2v) is 9.07. The van der Waals surface area contributed by atoms with Crippen molar-refractivity contribution in [3.8, 4) is 0 Å². The molecule has 3 nitrogen and oxygen atoms in total. The molecule has 2 aromatic rings. The largest absolute Gasteiger partial charge is 0.315 e. The highest BCUT2D eigenvalue weighted by Gasteiger charge is 2.55. The summed E-state index contributed by atoms with van der Waals surface area (Å²) in [6, 6.07) is 12.2. The molecule has 2 aliphatic rings. The minimum absolute atomic E-state index is 0.0647. The summed E-state index contributed by atoms with van der Waals surface area (Å²) in [4.78, 5) is 18.3. The number of benzene rings is 2. The summed E-state index contributed by atoms with van der Waals surface area (Å²) in [5, 5.41) is 1.30. The Morgan fingerprint density at radius 3 is 2.71 bits per heavy atom. The van der Waals surface area contributed by atoms with Crippen molar-refractivity contribution in [2.45, 2.75) is 44.1 Å². The molecule has 1 fully saturated rings. The van der Waals surface area contributed by atoms with Crippen molar-refractivity contribution in [2.75, 3.05) is 13.1 Å². The number of fused-ring (bicyclic) bond motifs is 2. The molecule has 2 aliphatic heterocycles. The number of hydrogen-bond donors (Lipinski definition) is 0. The Morgan fingerprint density at radius 2 is 2.03 bits per heavy atom. The summed E-state index contributed by atoms with van der Waals surface area (Å²) in [6.45, 7) is 4.46. The Morgan fingerprint density at radius 1 is 1.26 bits per heavy atom. The van der Waals surface area contributed by atoms with Gasteiger partial charge in [0, 0.05) is 28.2 Å². The lowest BCUT2D eigenvalue weighted by Crippen LogP contribution is -2.60. The van der Waals surface area contributed by atoms with Gasteiger partial charge in [-0.25, -0.2) is 0 Å². The van der Waals surface area contributed by atoms with E-state index >= 15 is 0 Å². The minimum atomic E-state index is -1.32. The van der Waals surface area contributed by atoms with Crippen LogP contribution in [0.1, 0.15) is 43.7 Å². The molecule has 1 spiro atoms. The average Bonchev–Trinajstić information content (AvgIpc) is 3.09. The molecule has 31 heavy (non-hydrogen) atoms. The summed E-state index contributed by atoms with van der Waals surface area (Å²) >= 11 is 12.6. The Hall–Kier alpha value is -2.01. The number of aliphatic imine (C=N–C) groups is 1. The van der Waals surface area contributed by atoms with Gasteiger partial charge in [-0.3, -0.25) is 14.7 Å². The van der Waals surface area contributed by atoms with Crippen molar-refractivity contribution in [1.82, 2.24) is 4.90 Å². The summed E-state index contributed by atoms with van der Waals surface area (Å²) < 4.78 is 13.7. The lowest BCUT2D eigenvalue weighted by Gasteiger charge is -2.52. The highest BCUT2D eigenvalue weighted by atomic mass is 35.5. The van der Waals surface area contributed by atoms with Crippen LogP contribution in [-0.4, -0.2) is 36.3 Å². The number of allylic oxidation sites excluding steroid dienone is 1. The van der Waals surface area contributed by atoms with Gasteiger partial charge in [0.15, 0.2) is 0 Å². The molecule has 0 radical (unpaired) electrons. The number of carbonyl (C=O) groups is 1. The fraction of sp³-hybridized carbons (Fsp3) is 0.360. The molecule has 0 amide bonds. The SMILES string of the molecule is CC=C(CC)[C@H]1N(CC(=O)F)CC[C@@H](c2cccc(Cl)c2)[C@]12C=Nc1cc(Cl)ccc12. The van der Waals surface area contributed by atoms with Crippen LogP contribution in [0.2, 0.25) is 10.0 Å². The Bertz CT molecular complexity index is 1070. The summed E-state index contributed by atoms with van der Waals surface area (Å²) in [6.07, 6.45) is 5.63. The third-order valence-electron chi connectivity index (χ3n) is 6.65. The molecule has 0 aromatic heterocycles. The predicted octanol–water partition coefficient (Wildman–Crippen LogP) is 6.66. The van der Waals surface area contributed by atoms with Crippen LogP contribution in [0.25, 0.3) is 0 Å². The predicted molar refractivity (Wildman–Crippen MR) is 126 cm³/mol. The van der Waals surface area contributed by atoms with Crippen LogP contribution in [0.3, 0.4) is 0 Å². The quantitative estimate of drug-likeness (QED) is 0.370. The summed E-state index contributed by atoms with van der Waals surface area (Å²) in [5.41, 5.74) is 3.59. The maximum atomic E-state index is 13.7. The molecule has 0 unspecified atom stereocenters. The third-order valence-corrected chi connectivity index (χ3v) is 7.12. The van der Waals surface area contributed by atoms with Gasteiger partial charge in [0.25, 0.3) is 0 Å². The zero-order valence-corrected chi connectivity index (χ0v) is 19.1. The molecule has 0 bridgehead atoms. The van der Waals surface area contributed by atoms with Crippen LogP contribution in [0.5, 0.6) is 0 Å². The molecule has 162 valence electrons. The van der Waals surface area contributed by atoms with Crippen molar-refractivity contribution in [1.29, 1.82) is 0 Å². The van der Waals surface area contributed by atoms with E-state index in [0.29, 0.717) is 16.6 Å². The van der Waals surface area contributed by atoms with Crippen LogP contribution >= 0.6 is 23.2 Å². The van der Waals surface area contributed by atoms with E-state index in [-0.39, 0.29) is 18.5 Å². The number of hydrogen-bond acceptors (Lipinski definition) is 3. The van der Waals surface area contributed by atoms with Crippen molar-refractivity contribution in [3.63, 3.8) is 0 Å². The van der Waals surface area contributed by atoms with E-state index < -0.39 is 11.5 Å². The summed E-state index contributed by atoms with van der Waals surface area (Å²) in [5.74, 6) is 0.0647. The fourth-order valence-electron chi connectivity index (χ4n) is 5.47. The lowest BCUT2D eigenvalue weighted by molar-refractivity contribution is -0.131. The highest BCUT2D eigenvalue weighted by molar-refractivity contribution is 6.31. The molecule has 2 heterocycles. The standard InChI is InChI=1S/C25H25Cl2FN2O/c1-3-16(4-2)24-25(15-29-22-13-19(27)8-9-21(22)25)20(10-11-30(24)14-23(28)31)17-6-5-7-18(26)12-17/h3,5-9,12-13,15,20,24H,4,10-11,14H2,1-2H3/t20-,24+,25-/m0/s1. The maximum absolute atomic E-state index is 13.7. The van der Waals surface area contributed by atoms with Crippen molar-refractivity contribution >= 4 is 41.1 Å². The van der Waals surface area contributed by atoms with E-state index in [1.165, 1.54) is 0 Å². The smallest absolute Gasteiger partial charge is 0.286 e. The van der Waals surface area contributed by atoms with Gasteiger partial charge in [-0.15, -0.1) is 0 Å². The van der Waals surface area contributed by atoms with Crippen molar-refractivity contribution in [3.05, 3.63) is 75.3 Å². The van der Waals surface area contributed by atoms with Crippen molar-refractivity contribution < 1.29 is 9.18 Å². The number of likely N-dealkylation sites (tertiary alicyclic amines) is 1. The topological polar surface area (TPSA) is 32.7 Å². The van der Waals surface area contributed by atoms with Crippen LogP contribution in [0, 0.1) is 0 Å². The molecule has 1 saturated heterocycles. The van der Waals surface area contributed by atoms with Crippen molar-refractivity contribution in [2.24, 2.45) is 4.99 Å². The molecular weight excluding hydrogens is 434 g/mol. The van der Waals surface area contributed by atoms with Gasteiger partial charge in [-0.1, -0.05) is 60.0 Å². The zero-order valence-electron chi connectivity index (χ0n) is 17.6. The second-order valence-electron chi connectivity index (χ2n) is 8.19. The maximum Gasteiger partial charge on any atom is 0.315 e. The second kappa shape index (κ2) is 8.85. The van der Waals surface area contributed by atoms with E-state index in [4.69, 9.17) is 28.2 Å². The first-order chi connectivity index (χ1) is 14.9. The molecule has 6 heteroatoms. The number of rotatable bonds is 5. The Balaban J connectivity index is 1.97. The van der Waals surface area contributed by atoms with Gasteiger partial charge in [-0.05, 0) is 61.7 Å². The average molecular weight is 459 g/mol. The third kappa shape index (κ3) is 3.86. The number of halogens is 3. The monoisotopic (exact) mass is 458 g/mol. The molecule has 0 saturated carbocycles. The lowest BCUT2D eigenvalue weighted by atomic mass is 9.59. The first-order valence-electron chi connectivity index (χ1n) is 10.6. The van der Waals surface area contributed by atoms with Gasteiger partial charge in [0.05, 0.1) is 17.6 Å². The van der Waals surface area contributed by atoms with Crippen LogP contribution in [-0.2, 0) is 10.2 Å². The fourth-order valence-corrected chi connectivity index (χ4v) is 5.83. The molecule has 0 aliphatic carbocycles. The van der Waals surface area contributed by atoms with Gasteiger partial charge < -0.3 is 0 Å². The van der Waals surface area contributed by atoms with Gasteiger partial charge >= 0.3 is 6.04 Å². The zero-order chi connectivity index (χ0) is 22.2. The molecule has 3 atom stereocenters. The van der Waals surface area contributed by atoms with E-state index in [0.717, 1.165) is 35.2 Å². The number of carbonyl (C=O) groups excluding carboxylic acids is 1. The molecule has 0 N–H and O–H groups in total. The highest BCUT2D eigenvalue weighted by Crippen LogP contribution is 2.55. The molecule has 2 aromatic carbocycles. The van der Waals surface area contributed by atoms with E-state index in [1.807, 2.05) is 54.4 Å². The van der Waals surface area contributed by atoms with Crippen LogP contribution in [0.4, 0.5) is 10.1 Å². The van der Waals surface area contributed by atoms with Crippen LogP contribution < -0.4 is 0 Å². The van der Waals surface area contributed by atoms with Gasteiger partial charge in [0.1, 0.15) is 0 Å². The normalized spacial score (nSPS) is 25.8. The Labute approximate surface area is 192 Å². The molecular formula is C25H25Cl2FN2O. The van der Waals surface area contributed by atoms with E-state index in [2.05, 4.69) is 19.1 Å². The Kier molecular flexibility index (Phi) is 6.34. The van der Waals surface area contributed by atoms with Crippen LogP contribution in [0.15, 0.2) is 59.1 Å². The summed E-state index contributed by atoms with van der Waals surface area (Å²) in [7, 11) is 0. The first-order valence-corrected chi connectivity index (χ1v) is 11.3. The number of nitrogens with zero attached hydrogens (tertiary/aromatic N) is 2. The van der Waals surface area contributed by atoms with E-state index in [1.54, 1.807) is 0 Å². The molecule has 4 rings (SSSR count). The van der Waals surface area contributed by atoms with Gasteiger partial charge in [-0.2, -0.15) is 4.39 Å². The minimum Gasteiger partial charge on any atom is -0.286 e. The van der Waals surface area contributed by atoms with Gasteiger partial charge in [0.2, 0.25) is 0 Å². The first kappa shape index (κ1) is 22.2. The van der Waals surface area contributed by atoms with E-state index in [9.17, 15) is 9.18 Å². The number of piperidine rings is 1.